The third-order valence-corrected chi connectivity index (χ3v) is 10.1. The van der Waals surface area contributed by atoms with Crippen LogP contribution < -0.4 is 0 Å². The zero-order valence-corrected chi connectivity index (χ0v) is 36.9. The number of rotatable bonds is 42. The first-order valence-corrected chi connectivity index (χ1v) is 23.7. The van der Waals surface area contributed by atoms with Crippen molar-refractivity contribution in [3.8, 4) is 0 Å². The average molecular weight is 785 g/mol. The van der Waals surface area contributed by atoms with Crippen molar-refractivity contribution in [2.75, 3.05) is 13.2 Å². The summed E-state index contributed by atoms with van der Waals surface area (Å²) in [6.45, 7) is 6.45. The minimum Gasteiger partial charge on any atom is -0.462 e. The quantitative estimate of drug-likeness (QED) is 0.0202. The van der Waals surface area contributed by atoms with Crippen LogP contribution in [-0.4, -0.2) is 37.2 Å². The predicted molar refractivity (Wildman–Crippen MR) is 238 cm³/mol. The second kappa shape index (κ2) is 45.1. The van der Waals surface area contributed by atoms with Gasteiger partial charge in [0.15, 0.2) is 6.10 Å². The van der Waals surface area contributed by atoms with Gasteiger partial charge in [-0.05, 0) is 64.2 Å². The van der Waals surface area contributed by atoms with E-state index in [1.54, 1.807) is 0 Å². The molecular weight excluding hydrogens is 697 g/mol. The van der Waals surface area contributed by atoms with Gasteiger partial charge in [0.25, 0.3) is 0 Å². The second-order valence-corrected chi connectivity index (χ2v) is 15.7. The standard InChI is InChI=1S/C50H88O6/c1-4-7-10-13-16-19-21-23-24-25-27-28-31-34-37-40-43-49(52)55-46-47(45-54-48(51)42-39-36-33-30-18-15-12-9-6-3)56-50(53)44-41-38-35-32-29-26-22-20-17-14-11-8-5-2/h8,11,14,17,20,22,24-25,47H,4-7,9-10,12-13,15-16,18-19,21,23,26-46H2,1-3H3/b11-8-,17-14-,22-20-,25-24-. The average Bonchev–Trinajstić information content (AvgIpc) is 3.19. The van der Waals surface area contributed by atoms with E-state index in [1.807, 2.05) is 0 Å². The Balaban J connectivity index is 4.37. The summed E-state index contributed by atoms with van der Waals surface area (Å²) in [5.74, 6) is -0.914. The molecule has 0 aromatic carbocycles. The van der Waals surface area contributed by atoms with Crippen LogP contribution in [0.4, 0.5) is 0 Å². The van der Waals surface area contributed by atoms with Crippen molar-refractivity contribution in [2.45, 2.75) is 239 Å². The van der Waals surface area contributed by atoms with E-state index >= 15 is 0 Å². The maximum atomic E-state index is 12.7. The monoisotopic (exact) mass is 785 g/mol. The summed E-state index contributed by atoms with van der Waals surface area (Å²) in [5.41, 5.74) is 0. The first-order valence-electron chi connectivity index (χ1n) is 23.7. The fraction of sp³-hybridized carbons (Fsp3) is 0.780. The zero-order chi connectivity index (χ0) is 40.8. The smallest absolute Gasteiger partial charge is 0.306 e. The molecule has 56 heavy (non-hydrogen) atoms. The van der Waals surface area contributed by atoms with Crippen LogP contribution in [0.25, 0.3) is 0 Å². The number of hydrogen-bond acceptors (Lipinski definition) is 6. The molecule has 0 aliphatic heterocycles. The highest BCUT2D eigenvalue weighted by atomic mass is 16.6. The van der Waals surface area contributed by atoms with E-state index in [0.717, 1.165) is 89.9 Å². The number of carbonyl (C=O) groups excluding carboxylic acids is 3. The van der Waals surface area contributed by atoms with Gasteiger partial charge in [0.05, 0.1) is 0 Å². The largest absolute Gasteiger partial charge is 0.462 e. The Hall–Kier alpha value is -2.63. The summed E-state index contributed by atoms with van der Waals surface area (Å²) in [4.78, 5) is 37.7. The van der Waals surface area contributed by atoms with E-state index in [-0.39, 0.29) is 31.1 Å². The Morgan fingerprint density at radius 1 is 0.375 bits per heavy atom. The number of allylic oxidation sites excluding steroid dienone is 8. The van der Waals surface area contributed by atoms with E-state index in [1.165, 1.54) is 103 Å². The van der Waals surface area contributed by atoms with Crippen LogP contribution in [0.2, 0.25) is 0 Å². The molecule has 324 valence electrons. The molecule has 0 N–H and O–H groups in total. The molecule has 0 rings (SSSR count). The number of esters is 3. The zero-order valence-electron chi connectivity index (χ0n) is 36.9. The predicted octanol–water partition coefficient (Wildman–Crippen LogP) is 15.1. The molecule has 0 amide bonds. The Kier molecular flexibility index (Phi) is 43.0. The lowest BCUT2D eigenvalue weighted by Gasteiger charge is -2.18. The van der Waals surface area contributed by atoms with Gasteiger partial charge in [0.2, 0.25) is 0 Å². The van der Waals surface area contributed by atoms with Gasteiger partial charge in [-0.15, -0.1) is 0 Å². The highest BCUT2D eigenvalue weighted by molar-refractivity contribution is 5.71. The molecule has 0 radical (unpaired) electrons. The van der Waals surface area contributed by atoms with Crippen LogP contribution in [0.1, 0.15) is 233 Å². The molecule has 0 bridgehead atoms. The van der Waals surface area contributed by atoms with E-state index in [4.69, 9.17) is 14.2 Å². The van der Waals surface area contributed by atoms with Crippen molar-refractivity contribution >= 4 is 17.9 Å². The molecule has 0 saturated heterocycles. The van der Waals surface area contributed by atoms with Crippen LogP contribution in [-0.2, 0) is 28.6 Å². The fourth-order valence-electron chi connectivity index (χ4n) is 6.55. The third-order valence-electron chi connectivity index (χ3n) is 10.1. The maximum Gasteiger partial charge on any atom is 0.306 e. The van der Waals surface area contributed by atoms with E-state index < -0.39 is 6.10 Å². The van der Waals surface area contributed by atoms with Gasteiger partial charge >= 0.3 is 17.9 Å². The van der Waals surface area contributed by atoms with E-state index in [2.05, 4.69) is 69.4 Å². The van der Waals surface area contributed by atoms with Crippen molar-refractivity contribution in [1.82, 2.24) is 0 Å². The summed E-state index contributed by atoms with van der Waals surface area (Å²) in [7, 11) is 0. The Morgan fingerprint density at radius 3 is 1.12 bits per heavy atom. The van der Waals surface area contributed by atoms with E-state index in [0.29, 0.717) is 19.3 Å². The fourth-order valence-corrected chi connectivity index (χ4v) is 6.55. The Morgan fingerprint density at radius 2 is 0.714 bits per heavy atom. The van der Waals surface area contributed by atoms with Gasteiger partial charge in [0.1, 0.15) is 13.2 Å². The van der Waals surface area contributed by atoms with Crippen LogP contribution in [0.5, 0.6) is 0 Å². The summed E-state index contributed by atoms with van der Waals surface area (Å²) < 4.78 is 16.7. The highest BCUT2D eigenvalue weighted by Gasteiger charge is 2.19. The van der Waals surface area contributed by atoms with Gasteiger partial charge < -0.3 is 14.2 Å². The molecule has 6 nitrogen and oxygen atoms in total. The first kappa shape index (κ1) is 53.4. The van der Waals surface area contributed by atoms with Gasteiger partial charge in [0, 0.05) is 19.3 Å². The van der Waals surface area contributed by atoms with Crippen LogP contribution in [0, 0.1) is 0 Å². The first-order chi connectivity index (χ1) is 27.5. The summed E-state index contributed by atoms with van der Waals surface area (Å²) in [5, 5.41) is 0. The second-order valence-electron chi connectivity index (χ2n) is 15.7. The van der Waals surface area contributed by atoms with Gasteiger partial charge in [-0.1, -0.05) is 198 Å². The lowest BCUT2D eigenvalue weighted by atomic mass is 10.1. The topological polar surface area (TPSA) is 78.9 Å². The summed E-state index contributed by atoms with van der Waals surface area (Å²) in [6.07, 6.45) is 52.4. The summed E-state index contributed by atoms with van der Waals surface area (Å²) >= 11 is 0. The lowest BCUT2D eigenvalue weighted by molar-refractivity contribution is -0.167. The molecular formula is C50H88O6. The molecule has 6 heteroatoms. The Bertz CT molecular complexity index is 996. The van der Waals surface area contributed by atoms with Crippen molar-refractivity contribution in [1.29, 1.82) is 0 Å². The minimum absolute atomic E-state index is 0.0830. The highest BCUT2D eigenvalue weighted by Crippen LogP contribution is 2.14. The van der Waals surface area contributed by atoms with Gasteiger partial charge in [-0.3, -0.25) is 14.4 Å². The van der Waals surface area contributed by atoms with Gasteiger partial charge in [-0.25, -0.2) is 0 Å². The molecule has 1 unspecified atom stereocenters. The normalized spacial score (nSPS) is 12.4. The maximum absolute atomic E-state index is 12.7. The minimum atomic E-state index is -0.782. The molecule has 0 saturated carbocycles. The van der Waals surface area contributed by atoms with Gasteiger partial charge in [-0.2, -0.15) is 0 Å². The SMILES string of the molecule is CC\C=C/C=C\C=C/CCCCCCCC(=O)OC(COC(=O)CCCCCCC/C=C\CCCCCCCCC)COC(=O)CCCCCCCCCCC. The van der Waals surface area contributed by atoms with Crippen molar-refractivity contribution in [3.05, 3.63) is 48.6 Å². The molecule has 0 aromatic heterocycles. The lowest BCUT2D eigenvalue weighted by Crippen LogP contribution is -2.30. The molecule has 0 heterocycles. The van der Waals surface area contributed by atoms with E-state index in [9.17, 15) is 14.4 Å². The van der Waals surface area contributed by atoms with Crippen LogP contribution >= 0.6 is 0 Å². The molecule has 0 spiro atoms. The van der Waals surface area contributed by atoms with Crippen molar-refractivity contribution in [2.24, 2.45) is 0 Å². The number of carbonyl (C=O) groups is 3. The molecule has 1 atom stereocenters. The molecule has 0 aliphatic rings. The molecule has 0 aliphatic carbocycles. The van der Waals surface area contributed by atoms with Crippen molar-refractivity contribution in [3.63, 3.8) is 0 Å². The van der Waals surface area contributed by atoms with Crippen LogP contribution in [0.15, 0.2) is 48.6 Å². The number of unbranched alkanes of at least 4 members (excludes halogenated alkanes) is 25. The molecule has 0 fully saturated rings. The van der Waals surface area contributed by atoms with Crippen LogP contribution in [0.3, 0.4) is 0 Å². The number of ether oxygens (including phenoxy) is 3. The number of hydrogen-bond donors (Lipinski definition) is 0. The van der Waals surface area contributed by atoms with Crippen molar-refractivity contribution < 1.29 is 28.6 Å². The summed E-state index contributed by atoms with van der Waals surface area (Å²) in [6, 6.07) is 0. The third kappa shape index (κ3) is 42.5. The molecule has 0 aromatic rings. The Labute approximate surface area is 346 Å².